The smallest absolute Gasteiger partial charge is 0.156 e. The Morgan fingerprint density at radius 3 is 2.15 bits per heavy atom. The van der Waals surface area contributed by atoms with Crippen LogP contribution in [0.4, 0.5) is 0 Å². The van der Waals surface area contributed by atoms with Crippen LogP contribution in [-0.4, -0.2) is 21.9 Å². The summed E-state index contributed by atoms with van der Waals surface area (Å²) < 4.78 is 5.19. The average molecular weight is 215 g/mol. The Bertz CT molecular complexity index is 128. The van der Waals surface area contributed by atoms with Crippen molar-refractivity contribution in [2.24, 2.45) is 0 Å². The lowest BCUT2D eigenvalue weighted by atomic mass is 10.1. The maximum Gasteiger partial charge on any atom is 0.156 e. The predicted octanol–water partition coefficient (Wildman–Crippen LogP) is 3.28. The van der Waals surface area contributed by atoms with Crippen LogP contribution in [0.3, 0.4) is 0 Å². The Morgan fingerprint density at radius 2 is 1.62 bits per heavy atom. The van der Waals surface area contributed by atoms with Gasteiger partial charge in [0.05, 0.1) is 6.61 Å². The largest absolute Gasteiger partial charge is 0.487 e. The lowest BCUT2D eigenvalue weighted by Gasteiger charge is -2.03. The van der Waals surface area contributed by atoms with Crippen molar-refractivity contribution < 1.29 is 4.74 Å². The molecule has 0 aliphatic rings. The van der Waals surface area contributed by atoms with Gasteiger partial charge in [-0.25, -0.2) is 0 Å². The molecule has 75 valence electrons. The number of ether oxygens (including phenoxy) is 1. The summed E-state index contributed by atoms with van der Waals surface area (Å²) in [7, 11) is 3.47. The minimum atomic E-state index is 0.666. The molecule has 0 bridgehead atoms. The van der Waals surface area contributed by atoms with Crippen LogP contribution in [0, 0.1) is 0 Å². The normalized spacial score (nSPS) is 10.0. The Morgan fingerprint density at radius 1 is 1.08 bits per heavy atom. The van der Waals surface area contributed by atoms with Gasteiger partial charge in [0.25, 0.3) is 0 Å². The van der Waals surface area contributed by atoms with Gasteiger partial charge in [0.15, 0.2) is 5.05 Å². The average Bonchev–Trinajstić information content (AvgIpc) is 2.09. The monoisotopic (exact) mass is 215 g/mol. The van der Waals surface area contributed by atoms with E-state index in [9.17, 15) is 0 Å². The summed E-state index contributed by atoms with van der Waals surface area (Å²) in [6.07, 6.45) is 7.72. The molecule has 0 N–H and O–H groups in total. The molecule has 0 atom stereocenters. The minimum absolute atomic E-state index is 0.666. The van der Waals surface area contributed by atoms with E-state index in [2.05, 4.69) is 10.2 Å². The van der Waals surface area contributed by atoms with E-state index in [0.717, 1.165) is 19.1 Å². The lowest BCUT2D eigenvalue weighted by Crippen LogP contribution is -1.97. The third kappa shape index (κ3) is 12.1. The Balaban J connectivity index is 2.87. The first-order valence-electron chi connectivity index (χ1n) is 5.05. The zero-order valence-electron chi connectivity index (χ0n) is 8.47. The van der Waals surface area contributed by atoms with E-state index >= 15 is 0 Å². The van der Waals surface area contributed by atoms with E-state index in [4.69, 9.17) is 17.0 Å². The first-order chi connectivity index (χ1) is 6.27. The van der Waals surface area contributed by atoms with Gasteiger partial charge < -0.3 is 4.74 Å². The highest BCUT2D eigenvalue weighted by atomic mass is 32.1. The SMILES string of the molecule is CC(=S)OCCCCCCCC[Si]. The highest BCUT2D eigenvalue weighted by molar-refractivity contribution is 7.80. The van der Waals surface area contributed by atoms with Crippen LogP contribution in [0.5, 0.6) is 0 Å². The molecule has 1 nitrogen and oxygen atoms in total. The summed E-state index contributed by atoms with van der Waals surface area (Å²) in [4.78, 5) is 0. The fourth-order valence-corrected chi connectivity index (χ4v) is 1.48. The molecule has 3 radical (unpaired) electrons. The molecule has 0 spiro atoms. The molecule has 0 aliphatic carbocycles. The minimum Gasteiger partial charge on any atom is -0.487 e. The van der Waals surface area contributed by atoms with Crippen molar-refractivity contribution in [1.82, 2.24) is 0 Å². The van der Waals surface area contributed by atoms with Gasteiger partial charge in [-0.1, -0.05) is 38.1 Å². The molecule has 0 rings (SSSR count). The van der Waals surface area contributed by atoms with E-state index in [1.807, 2.05) is 6.92 Å². The Kier molecular flexibility index (Phi) is 10.3. The van der Waals surface area contributed by atoms with Gasteiger partial charge in [-0.05, 0) is 18.6 Å². The van der Waals surface area contributed by atoms with Crippen molar-refractivity contribution in [1.29, 1.82) is 0 Å². The molecule has 13 heavy (non-hydrogen) atoms. The molecule has 0 amide bonds. The van der Waals surface area contributed by atoms with E-state index in [1.54, 1.807) is 0 Å². The van der Waals surface area contributed by atoms with Crippen molar-refractivity contribution in [2.45, 2.75) is 51.5 Å². The molecule has 0 aromatic heterocycles. The second kappa shape index (κ2) is 10.2. The molecule has 0 aliphatic heterocycles. The molecular weight excluding hydrogens is 196 g/mol. The van der Waals surface area contributed by atoms with Crippen LogP contribution in [0.1, 0.15) is 45.4 Å². The van der Waals surface area contributed by atoms with Crippen LogP contribution < -0.4 is 0 Å². The molecule has 0 heterocycles. The van der Waals surface area contributed by atoms with Gasteiger partial charge in [-0.15, -0.1) is 0 Å². The second-order valence-corrected chi connectivity index (χ2v) is 4.29. The highest BCUT2D eigenvalue weighted by Gasteiger charge is 1.91. The van der Waals surface area contributed by atoms with Gasteiger partial charge in [0, 0.05) is 17.2 Å². The predicted molar refractivity (Wildman–Crippen MR) is 62.5 cm³/mol. The number of thiocarbonyl (C=S) groups is 1. The maximum atomic E-state index is 5.19. The number of hydrogen-bond donors (Lipinski definition) is 0. The van der Waals surface area contributed by atoms with Gasteiger partial charge in [0.1, 0.15) is 0 Å². The van der Waals surface area contributed by atoms with Crippen LogP contribution in [-0.2, 0) is 4.74 Å². The summed E-state index contributed by atoms with van der Waals surface area (Å²) in [5, 5.41) is 0.666. The number of unbranched alkanes of at least 4 members (excludes halogenated alkanes) is 5. The Hall–Kier alpha value is 0.107. The van der Waals surface area contributed by atoms with Crippen molar-refractivity contribution >= 4 is 27.5 Å². The fraction of sp³-hybridized carbons (Fsp3) is 0.900. The topological polar surface area (TPSA) is 9.23 Å². The summed E-state index contributed by atoms with van der Waals surface area (Å²) in [5.74, 6) is 0. The van der Waals surface area contributed by atoms with Gasteiger partial charge >= 0.3 is 0 Å². The van der Waals surface area contributed by atoms with Crippen LogP contribution in [0.15, 0.2) is 0 Å². The van der Waals surface area contributed by atoms with Crippen LogP contribution >= 0.6 is 12.2 Å². The second-order valence-electron chi connectivity index (χ2n) is 3.21. The standard InChI is InChI=1S/C10H19OSSi/c1-10(12)11-8-6-4-2-3-5-7-9-13/h2-9H2,1H3. The van der Waals surface area contributed by atoms with Crippen molar-refractivity contribution in [2.75, 3.05) is 6.61 Å². The molecular formula is C10H19OSSi. The van der Waals surface area contributed by atoms with Crippen molar-refractivity contribution in [3.05, 3.63) is 0 Å². The molecule has 0 aromatic rings. The van der Waals surface area contributed by atoms with E-state index < -0.39 is 0 Å². The zero-order chi connectivity index (χ0) is 9.94. The number of rotatable bonds is 8. The van der Waals surface area contributed by atoms with Crippen molar-refractivity contribution in [3.8, 4) is 0 Å². The molecule has 0 aromatic carbocycles. The quantitative estimate of drug-likeness (QED) is 0.349. The highest BCUT2D eigenvalue weighted by Crippen LogP contribution is 2.06. The summed E-state index contributed by atoms with van der Waals surface area (Å²) in [6.45, 7) is 2.62. The first-order valence-corrected chi connectivity index (χ1v) is 6.17. The summed E-state index contributed by atoms with van der Waals surface area (Å²) in [6, 6.07) is 1.13. The van der Waals surface area contributed by atoms with Crippen LogP contribution in [0.2, 0.25) is 6.04 Å². The third-order valence-electron chi connectivity index (χ3n) is 1.88. The lowest BCUT2D eigenvalue weighted by molar-refractivity contribution is 0.297. The Labute approximate surface area is 90.7 Å². The molecule has 0 fully saturated rings. The molecule has 0 saturated carbocycles. The van der Waals surface area contributed by atoms with Gasteiger partial charge in [-0.2, -0.15) is 0 Å². The molecule has 0 unspecified atom stereocenters. The number of hydrogen-bond acceptors (Lipinski definition) is 2. The van der Waals surface area contributed by atoms with E-state index in [-0.39, 0.29) is 0 Å². The third-order valence-corrected chi connectivity index (χ3v) is 2.35. The fourth-order valence-electron chi connectivity index (χ4n) is 1.15. The van der Waals surface area contributed by atoms with Gasteiger partial charge in [-0.3, -0.25) is 0 Å². The van der Waals surface area contributed by atoms with E-state index in [1.165, 1.54) is 32.1 Å². The first kappa shape index (κ1) is 13.1. The zero-order valence-corrected chi connectivity index (χ0v) is 10.3. The molecule has 3 heteroatoms. The van der Waals surface area contributed by atoms with E-state index in [0.29, 0.717) is 5.05 Å². The molecule has 0 saturated heterocycles. The summed E-state index contributed by atoms with van der Waals surface area (Å²) >= 11 is 4.80. The van der Waals surface area contributed by atoms with Crippen molar-refractivity contribution in [3.63, 3.8) is 0 Å². The summed E-state index contributed by atoms with van der Waals surface area (Å²) in [5.41, 5.74) is 0. The maximum absolute atomic E-state index is 5.19. The van der Waals surface area contributed by atoms with Gasteiger partial charge in [0.2, 0.25) is 0 Å². The van der Waals surface area contributed by atoms with Crippen LogP contribution in [0.25, 0.3) is 0 Å².